The van der Waals surface area contributed by atoms with Crippen LogP contribution in [0.2, 0.25) is 0 Å². The normalized spacial score (nSPS) is 19.5. The number of benzene rings is 1. The molecule has 0 aliphatic carbocycles. The third-order valence-electron chi connectivity index (χ3n) is 2.52. The molecule has 1 aromatic rings. The highest BCUT2D eigenvalue weighted by Gasteiger charge is 2.31. The Hall–Kier alpha value is -0.510. The molecule has 1 unspecified atom stereocenters. The van der Waals surface area contributed by atoms with Crippen LogP contribution in [0.15, 0.2) is 21.1 Å². The first-order valence-electron chi connectivity index (χ1n) is 4.90. The van der Waals surface area contributed by atoms with E-state index in [-0.39, 0.29) is 11.2 Å². The molecule has 6 heteroatoms. The maximum atomic E-state index is 11.8. The van der Waals surface area contributed by atoms with E-state index in [9.17, 15) is 4.79 Å². The minimum absolute atomic E-state index is 0.00419. The van der Waals surface area contributed by atoms with E-state index in [2.05, 4.69) is 50.6 Å². The molecule has 1 aliphatic rings. The standard InChI is InChI=1S/C11H8Br2N2OS/c12-7-1-6(4-14)11(9(13)2-7)15-5-8(17)3-10(15)16/h1-2,8,17H,3,5H2. The maximum absolute atomic E-state index is 11.8. The summed E-state index contributed by atoms with van der Waals surface area (Å²) in [5.74, 6) is 0.00419. The summed E-state index contributed by atoms with van der Waals surface area (Å²) in [6.07, 6.45) is 0.413. The van der Waals surface area contributed by atoms with E-state index in [1.807, 2.05) is 6.07 Å². The fourth-order valence-electron chi connectivity index (χ4n) is 1.83. The third kappa shape index (κ3) is 2.51. The van der Waals surface area contributed by atoms with Crippen molar-refractivity contribution in [3.8, 4) is 6.07 Å². The van der Waals surface area contributed by atoms with Crippen molar-refractivity contribution >= 4 is 56.1 Å². The van der Waals surface area contributed by atoms with E-state index in [0.717, 1.165) is 8.95 Å². The fraction of sp³-hybridized carbons (Fsp3) is 0.273. The molecule has 0 radical (unpaired) electrons. The van der Waals surface area contributed by atoms with Crippen LogP contribution in [-0.2, 0) is 4.79 Å². The minimum Gasteiger partial charge on any atom is -0.309 e. The zero-order chi connectivity index (χ0) is 12.6. The maximum Gasteiger partial charge on any atom is 0.228 e. The van der Waals surface area contributed by atoms with Gasteiger partial charge in [-0.1, -0.05) is 15.9 Å². The molecule has 0 saturated carbocycles. The van der Waals surface area contributed by atoms with Gasteiger partial charge < -0.3 is 4.90 Å². The lowest BCUT2D eigenvalue weighted by Gasteiger charge is -2.19. The van der Waals surface area contributed by atoms with Gasteiger partial charge in [0.15, 0.2) is 0 Å². The molecule has 3 nitrogen and oxygen atoms in total. The van der Waals surface area contributed by atoms with Crippen LogP contribution in [0.3, 0.4) is 0 Å². The molecule has 1 saturated heterocycles. The van der Waals surface area contributed by atoms with E-state index in [1.54, 1.807) is 11.0 Å². The summed E-state index contributed by atoms with van der Waals surface area (Å²) in [7, 11) is 0. The lowest BCUT2D eigenvalue weighted by molar-refractivity contribution is -0.117. The van der Waals surface area contributed by atoms with Gasteiger partial charge in [-0.05, 0) is 28.1 Å². The Morgan fingerprint density at radius 2 is 2.18 bits per heavy atom. The highest BCUT2D eigenvalue weighted by molar-refractivity contribution is 9.11. The summed E-state index contributed by atoms with van der Waals surface area (Å²) in [6.45, 7) is 0.539. The number of halogens is 2. The topological polar surface area (TPSA) is 44.1 Å². The summed E-state index contributed by atoms with van der Waals surface area (Å²) in [6, 6.07) is 5.65. The number of carbonyl (C=O) groups is 1. The second-order valence-electron chi connectivity index (χ2n) is 3.76. The lowest BCUT2D eigenvalue weighted by Crippen LogP contribution is -2.26. The quantitative estimate of drug-likeness (QED) is 0.766. The van der Waals surface area contributed by atoms with Crippen molar-refractivity contribution < 1.29 is 4.79 Å². The Kier molecular flexibility index (Phi) is 3.81. The second kappa shape index (κ2) is 5.01. The van der Waals surface area contributed by atoms with Crippen molar-refractivity contribution in [3.05, 3.63) is 26.6 Å². The number of rotatable bonds is 1. The van der Waals surface area contributed by atoms with Crippen molar-refractivity contribution in [1.82, 2.24) is 0 Å². The molecule has 2 rings (SSSR count). The van der Waals surface area contributed by atoms with Gasteiger partial charge in [0.25, 0.3) is 0 Å². The van der Waals surface area contributed by atoms with Crippen molar-refractivity contribution in [3.63, 3.8) is 0 Å². The first-order chi connectivity index (χ1) is 8.02. The van der Waals surface area contributed by atoms with Crippen molar-refractivity contribution in [2.45, 2.75) is 11.7 Å². The van der Waals surface area contributed by atoms with Gasteiger partial charge in [0.1, 0.15) is 6.07 Å². The molecule has 0 aromatic heterocycles. The molecular weight excluding hydrogens is 368 g/mol. The van der Waals surface area contributed by atoms with Gasteiger partial charge in [-0.3, -0.25) is 4.79 Å². The number of amides is 1. The summed E-state index contributed by atoms with van der Waals surface area (Å²) in [5, 5.41) is 9.16. The summed E-state index contributed by atoms with van der Waals surface area (Å²) in [4.78, 5) is 13.4. The Balaban J connectivity index is 2.52. The van der Waals surface area contributed by atoms with Gasteiger partial charge in [0.2, 0.25) is 5.91 Å². The molecule has 0 bridgehead atoms. The predicted molar refractivity (Wildman–Crippen MR) is 76.3 cm³/mol. The van der Waals surface area contributed by atoms with Crippen LogP contribution in [0.25, 0.3) is 0 Å². The molecule has 1 aliphatic heterocycles. The molecular formula is C11H8Br2N2OS. The Morgan fingerprint density at radius 3 is 2.71 bits per heavy atom. The first-order valence-corrected chi connectivity index (χ1v) is 7.00. The van der Waals surface area contributed by atoms with Crippen molar-refractivity contribution in [2.24, 2.45) is 0 Å². The Morgan fingerprint density at radius 1 is 1.47 bits per heavy atom. The van der Waals surface area contributed by atoms with Gasteiger partial charge in [-0.2, -0.15) is 17.9 Å². The largest absolute Gasteiger partial charge is 0.309 e. The highest BCUT2D eigenvalue weighted by atomic mass is 79.9. The van der Waals surface area contributed by atoms with Crippen LogP contribution in [0.4, 0.5) is 5.69 Å². The summed E-state index contributed by atoms with van der Waals surface area (Å²) < 4.78 is 1.54. The smallest absolute Gasteiger partial charge is 0.228 e. The lowest BCUT2D eigenvalue weighted by atomic mass is 10.2. The molecule has 1 amide bonds. The number of nitrogens with zero attached hydrogens (tertiary/aromatic N) is 2. The molecule has 88 valence electrons. The molecule has 0 spiro atoms. The first kappa shape index (κ1) is 12.9. The van der Waals surface area contributed by atoms with Crippen molar-refractivity contribution in [1.29, 1.82) is 5.26 Å². The summed E-state index contributed by atoms with van der Waals surface area (Å²) in [5.41, 5.74) is 1.11. The predicted octanol–water partition coefficient (Wildman–Crippen LogP) is 3.12. The van der Waals surface area contributed by atoms with E-state index in [1.165, 1.54) is 0 Å². The number of hydrogen-bond acceptors (Lipinski definition) is 3. The van der Waals surface area contributed by atoms with Crippen LogP contribution in [-0.4, -0.2) is 17.7 Å². The van der Waals surface area contributed by atoms with Gasteiger partial charge >= 0.3 is 0 Å². The summed E-state index contributed by atoms with van der Waals surface area (Å²) >= 11 is 11.0. The van der Waals surface area contributed by atoms with Gasteiger partial charge in [0, 0.05) is 27.2 Å². The number of anilines is 1. The highest BCUT2D eigenvalue weighted by Crippen LogP contribution is 2.36. The minimum atomic E-state index is 0.00419. The van der Waals surface area contributed by atoms with E-state index >= 15 is 0 Å². The Bertz CT molecular complexity index is 527. The molecule has 1 heterocycles. The number of carbonyl (C=O) groups excluding carboxylic acids is 1. The molecule has 0 N–H and O–H groups in total. The van der Waals surface area contributed by atoms with Crippen molar-refractivity contribution in [2.75, 3.05) is 11.4 Å². The molecule has 1 fully saturated rings. The zero-order valence-corrected chi connectivity index (χ0v) is 12.7. The van der Waals surface area contributed by atoms with E-state index < -0.39 is 0 Å². The monoisotopic (exact) mass is 374 g/mol. The number of hydrogen-bond donors (Lipinski definition) is 1. The second-order valence-corrected chi connectivity index (χ2v) is 6.26. The van der Waals surface area contributed by atoms with Crippen LogP contribution < -0.4 is 4.90 Å². The average molecular weight is 376 g/mol. The van der Waals surface area contributed by atoms with Crippen LogP contribution >= 0.6 is 44.5 Å². The molecule has 1 atom stereocenters. The SMILES string of the molecule is N#Cc1cc(Br)cc(Br)c1N1CC(S)CC1=O. The fourth-order valence-corrected chi connectivity index (χ4v) is 3.59. The van der Waals surface area contributed by atoms with Gasteiger partial charge in [-0.15, -0.1) is 0 Å². The van der Waals surface area contributed by atoms with Gasteiger partial charge in [-0.25, -0.2) is 0 Å². The zero-order valence-electron chi connectivity index (χ0n) is 8.65. The van der Waals surface area contributed by atoms with Crippen LogP contribution in [0, 0.1) is 11.3 Å². The molecule has 17 heavy (non-hydrogen) atoms. The van der Waals surface area contributed by atoms with Crippen LogP contribution in [0.5, 0.6) is 0 Å². The third-order valence-corrected chi connectivity index (χ3v) is 3.93. The Labute approximate surface area is 121 Å². The van der Waals surface area contributed by atoms with E-state index in [0.29, 0.717) is 24.2 Å². The van der Waals surface area contributed by atoms with Crippen LogP contribution in [0.1, 0.15) is 12.0 Å². The van der Waals surface area contributed by atoms with E-state index in [4.69, 9.17) is 5.26 Å². The number of thiol groups is 1. The molecule has 1 aromatic carbocycles. The van der Waals surface area contributed by atoms with Gasteiger partial charge in [0.05, 0.1) is 11.3 Å². The average Bonchev–Trinajstić information content (AvgIpc) is 2.56. The number of nitriles is 1.